The lowest BCUT2D eigenvalue weighted by molar-refractivity contribution is 0.334. The number of hydrogen-bond donors (Lipinski definition) is 2. The smallest absolute Gasteiger partial charge is 0.171 e. The second kappa shape index (κ2) is 10.4. The van der Waals surface area contributed by atoms with Gasteiger partial charge < -0.3 is 15.4 Å². The highest BCUT2D eigenvalue weighted by Crippen LogP contribution is 2.18. The zero-order valence-corrected chi connectivity index (χ0v) is 15.8. The summed E-state index contributed by atoms with van der Waals surface area (Å²) in [6.45, 7) is 3.24. The van der Waals surface area contributed by atoms with Crippen LogP contribution in [0.15, 0.2) is 41.1 Å². The SMILES string of the molecule is CCOc1cccnc1CCNC(=S)Nc1ncccc1Br.Cl. The van der Waals surface area contributed by atoms with Crippen molar-refractivity contribution in [3.63, 3.8) is 0 Å². The zero-order valence-electron chi connectivity index (χ0n) is 12.6. The van der Waals surface area contributed by atoms with E-state index < -0.39 is 0 Å². The molecular weight excluding hydrogens is 400 g/mol. The summed E-state index contributed by atoms with van der Waals surface area (Å²) < 4.78 is 6.41. The molecule has 23 heavy (non-hydrogen) atoms. The maximum absolute atomic E-state index is 5.55. The number of aromatic nitrogens is 2. The first-order valence-corrected chi connectivity index (χ1v) is 8.13. The highest BCUT2D eigenvalue weighted by atomic mass is 79.9. The van der Waals surface area contributed by atoms with Crippen molar-refractivity contribution in [1.82, 2.24) is 15.3 Å². The molecule has 0 saturated heterocycles. The molecule has 0 bridgehead atoms. The van der Waals surface area contributed by atoms with E-state index >= 15 is 0 Å². The second-order valence-corrected chi connectivity index (χ2v) is 5.61. The number of thiocarbonyl (C=S) groups is 1. The average molecular weight is 418 g/mol. The van der Waals surface area contributed by atoms with E-state index in [0.717, 1.165) is 22.3 Å². The number of rotatable bonds is 6. The highest BCUT2D eigenvalue weighted by molar-refractivity contribution is 9.10. The van der Waals surface area contributed by atoms with Crippen LogP contribution in [0.2, 0.25) is 0 Å². The predicted octanol–water partition coefficient (Wildman–Crippen LogP) is 3.59. The summed E-state index contributed by atoms with van der Waals surface area (Å²) in [5.41, 5.74) is 0.915. The molecule has 0 aliphatic heterocycles. The average Bonchev–Trinajstić information content (AvgIpc) is 2.51. The number of anilines is 1. The van der Waals surface area contributed by atoms with Gasteiger partial charge in [0.25, 0.3) is 0 Å². The molecule has 0 radical (unpaired) electrons. The van der Waals surface area contributed by atoms with Crippen molar-refractivity contribution in [2.24, 2.45) is 0 Å². The van der Waals surface area contributed by atoms with Crippen molar-refractivity contribution in [3.8, 4) is 5.75 Å². The first-order valence-electron chi connectivity index (χ1n) is 6.92. The van der Waals surface area contributed by atoms with Gasteiger partial charge in [0, 0.05) is 25.4 Å². The summed E-state index contributed by atoms with van der Waals surface area (Å²) in [5.74, 6) is 1.51. The number of pyridine rings is 2. The van der Waals surface area contributed by atoms with Gasteiger partial charge in [-0.25, -0.2) is 4.98 Å². The summed E-state index contributed by atoms with van der Waals surface area (Å²) in [6.07, 6.45) is 4.19. The standard InChI is InChI=1S/C15H17BrN4OS.ClH/c1-2-21-13-6-4-8-17-12(13)7-10-19-15(22)20-14-11(16)5-3-9-18-14;/h3-6,8-9H,2,7,10H2,1H3,(H2,18,19,20,22);1H. The molecule has 2 aromatic heterocycles. The molecule has 2 aromatic rings. The molecule has 0 fully saturated rings. The third-order valence-corrected chi connectivity index (χ3v) is 3.67. The van der Waals surface area contributed by atoms with E-state index in [9.17, 15) is 0 Å². The Morgan fingerprint density at radius 2 is 2.00 bits per heavy atom. The maximum Gasteiger partial charge on any atom is 0.171 e. The quantitative estimate of drug-likeness (QED) is 0.701. The van der Waals surface area contributed by atoms with Gasteiger partial charge in [-0.3, -0.25) is 4.98 Å². The molecule has 0 aliphatic carbocycles. The zero-order chi connectivity index (χ0) is 15.8. The van der Waals surface area contributed by atoms with Crippen molar-refractivity contribution >= 4 is 51.5 Å². The molecule has 2 heterocycles. The molecule has 0 aliphatic rings. The fourth-order valence-electron chi connectivity index (χ4n) is 1.82. The first kappa shape index (κ1) is 19.6. The fourth-order valence-corrected chi connectivity index (χ4v) is 2.37. The van der Waals surface area contributed by atoms with Crippen molar-refractivity contribution in [2.75, 3.05) is 18.5 Å². The molecule has 2 rings (SSSR count). The van der Waals surface area contributed by atoms with Crippen molar-refractivity contribution in [1.29, 1.82) is 0 Å². The number of hydrogen-bond acceptors (Lipinski definition) is 4. The minimum atomic E-state index is 0. The Kier molecular flexibility index (Phi) is 8.83. The van der Waals surface area contributed by atoms with Gasteiger partial charge in [-0.2, -0.15) is 0 Å². The van der Waals surface area contributed by atoms with E-state index in [1.807, 2.05) is 31.2 Å². The van der Waals surface area contributed by atoms with Crippen LogP contribution in [-0.4, -0.2) is 28.2 Å². The monoisotopic (exact) mass is 416 g/mol. The van der Waals surface area contributed by atoms with Crippen LogP contribution in [0.4, 0.5) is 5.82 Å². The van der Waals surface area contributed by atoms with E-state index in [0.29, 0.717) is 24.1 Å². The molecule has 0 amide bonds. The highest BCUT2D eigenvalue weighted by Gasteiger charge is 2.05. The second-order valence-electron chi connectivity index (χ2n) is 4.35. The van der Waals surface area contributed by atoms with Crippen LogP contribution in [0, 0.1) is 0 Å². The van der Waals surface area contributed by atoms with Crippen molar-refractivity contribution in [3.05, 3.63) is 46.8 Å². The number of ether oxygens (including phenoxy) is 1. The van der Waals surface area contributed by atoms with E-state index in [1.165, 1.54) is 0 Å². The molecule has 124 valence electrons. The van der Waals surface area contributed by atoms with Crippen LogP contribution in [0.5, 0.6) is 5.75 Å². The third-order valence-electron chi connectivity index (χ3n) is 2.79. The summed E-state index contributed by atoms with van der Waals surface area (Å²) in [5, 5.41) is 6.71. The summed E-state index contributed by atoms with van der Waals surface area (Å²) in [7, 11) is 0. The Hall–Kier alpha value is -1.44. The van der Waals surface area contributed by atoms with E-state index in [-0.39, 0.29) is 12.4 Å². The predicted molar refractivity (Wildman–Crippen MR) is 103 cm³/mol. The topological polar surface area (TPSA) is 59.1 Å². The van der Waals surface area contributed by atoms with Gasteiger partial charge in [-0.05, 0) is 59.3 Å². The van der Waals surface area contributed by atoms with Gasteiger partial charge in [-0.15, -0.1) is 12.4 Å². The molecule has 5 nitrogen and oxygen atoms in total. The molecule has 2 N–H and O–H groups in total. The van der Waals surface area contributed by atoms with E-state index in [4.69, 9.17) is 17.0 Å². The number of nitrogens with zero attached hydrogens (tertiary/aromatic N) is 2. The van der Waals surface area contributed by atoms with Gasteiger partial charge in [-0.1, -0.05) is 0 Å². The molecular formula is C15H18BrClN4OS. The van der Waals surface area contributed by atoms with E-state index in [1.54, 1.807) is 12.4 Å². The molecule has 8 heteroatoms. The molecule has 0 aromatic carbocycles. The molecule has 0 spiro atoms. The minimum absolute atomic E-state index is 0. The largest absolute Gasteiger partial charge is 0.492 e. The van der Waals surface area contributed by atoms with E-state index in [2.05, 4.69) is 36.5 Å². The van der Waals surface area contributed by atoms with Crippen LogP contribution in [-0.2, 0) is 6.42 Å². The molecule has 0 atom stereocenters. The van der Waals surface area contributed by atoms with Crippen molar-refractivity contribution < 1.29 is 4.74 Å². The Balaban J connectivity index is 0.00000264. The van der Waals surface area contributed by atoms with Gasteiger partial charge in [0.15, 0.2) is 5.11 Å². The summed E-state index contributed by atoms with van der Waals surface area (Å²) in [4.78, 5) is 8.55. The Labute approximate surface area is 155 Å². The summed E-state index contributed by atoms with van der Waals surface area (Å²) in [6, 6.07) is 7.54. The van der Waals surface area contributed by atoms with Gasteiger partial charge in [0.2, 0.25) is 0 Å². The van der Waals surface area contributed by atoms with Crippen LogP contribution in [0.1, 0.15) is 12.6 Å². The summed E-state index contributed by atoms with van der Waals surface area (Å²) >= 11 is 8.68. The number of halogens is 2. The Bertz CT molecular complexity index is 644. The lowest BCUT2D eigenvalue weighted by Gasteiger charge is -2.12. The van der Waals surface area contributed by atoms with Gasteiger partial charge in [0.05, 0.1) is 16.8 Å². The van der Waals surface area contributed by atoms with Crippen LogP contribution < -0.4 is 15.4 Å². The Morgan fingerprint density at radius 1 is 1.26 bits per heavy atom. The fraction of sp³-hybridized carbons (Fsp3) is 0.267. The first-order chi connectivity index (χ1) is 10.7. The van der Waals surface area contributed by atoms with Crippen LogP contribution in [0.3, 0.4) is 0 Å². The lowest BCUT2D eigenvalue weighted by atomic mass is 10.2. The molecule has 0 unspecified atom stereocenters. The van der Waals surface area contributed by atoms with Gasteiger partial charge in [0.1, 0.15) is 11.6 Å². The normalized spacial score (nSPS) is 9.65. The number of nitrogens with one attached hydrogen (secondary N) is 2. The maximum atomic E-state index is 5.55. The van der Waals surface area contributed by atoms with Gasteiger partial charge >= 0.3 is 0 Å². The third kappa shape index (κ3) is 6.29. The Morgan fingerprint density at radius 3 is 2.74 bits per heavy atom. The van der Waals surface area contributed by atoms with Crippen LogP contribution >= 0.6 is 40.6 Å². The minimum Gasteiger partial charge on any atom is -0.492 e. The van der Waals surface area contributed by atoms with Crippen molar-refractivity contribution in [2.45, 2.75) is 13.3 Å². The lowest BCUT2D eigenvalue weighted by Crippen LogP contribution is -2.30. The van der Waals surface area contributed by atoms with Crippen LogP contribution in [0.25, 0.3) is 0 Å². The molecule has 0 saturated carbocycles.